The lowest BCUT2D eigenvalue weighted by Crippen LogP contribution is -2.42. The van der Waals surface area contributed by atoms with Crippen LogP contribution in [-0.2, 0) is 9.84 Å². The number of rotatable bonds is 2. The van der Waals surface area contributed by atoms with Crippen molar-refractivity contribution in [1.29, 1.82) is 5.26 Å². The molecule has 0 aromatic heterocycles. The Bertz CT molecular complexity index is 649. The molecule has 102 valence electrons. The van der Waals surface area contributed by atoms with Crippen LogP contribution in [0.5, 0.6) is 0 Å². The molecule has 1 atom stereocenters. The topological polar surface area (TPSA) is 61.2 Å². The number of sulfone groups is 1. The van der Waals surface area contributed by atoms with Crippen LogP contribution in [0.2, 0.25) is 0 Å². The van der Waals surface area contributed by atoms with Crippen molar-refractivity contribution in [2.75, 3.05) is 17.7 Å². The van der Waals surface area contributed by atoms with Gasteiger partial charge in [-0.3, -0.25) is 0 Å². The van der Waals surface area contributed by atoms with Crippen molar-refractivity contribution in [1.82, 2.24) is 0 Å². The summed E-state index contributed by atoms with van der Waals surface area (Å²) in [7, 11) is -1.40. The maximum Gasteiger partial charge on any atom is 0.182 e. The van der Waals surface area contributed by atoms with E-state index in [0.29, 0.717) is 23.4 Å². The van der Waals surface area contributed by atoms with E-state index >= 15 is 0 Å². The molecular weight excluding hydrogens is 328 g/mol. The third-order valence-electron chi connectivity index (χ3n) is 3.41. The molecule has 19 heavy (non-hydrogen) atoms. The van der Waals surface area contributed by atoms with Crippen LogP contribution in [0.1, 0.15) is 18.4 Å². The number of benzene rings is 1. The van der Waals surface area contributed by atoms with Crippen LogP contribution in [0.25, 0.3) is 0 Å². The molecule has 6 heteroatoms. The standard InChI is InChI=1S/C13H15BrN2O2S/c1-9-6-11(14)13-12(7-9)19(17,18)8-10(16(13)2)4-3-5-15/h6-7,10H,3-4,8H2,1-2H3. The van der Waals surface area contributed by atoms with Crippen LogP contribution in [0, 0.1) is 18.3 Å². The van der Waals surface area contributed by atoms with Gasteiger partial charge in [-0.1, -0.05) is 0 Å². The highest BCUT2D eigenvalue weighted by atomic mass is 79.9. The fraction of sp³-hybridized carbons (Fsp3) is 0.462. The highest BCUT2D eigenvalue weighted by Crippen LogP contribution is 2.40. The van der Waals surface area contributed by atoms with Gasteiger partial charge in [0.1, 0.15) is 0 Å². The SMILES string of the molecule is Cc1cc(Br)c2c(c1)S(=O)(=O)CC(CCC#N)N2C. The summed E-state index contributed by atoms with van der Waals surface area (Å²) in [5.74, 6) is 0.0775. The van der Waals surface area contributed by atoms with Gasteiger partial charge in [-0.2, -0.15) is 5.26 Å². The molecule has 1 aliphatic rings. The summed E-state index contributed by atoms with van der Waals surface area (Å²) in [6, 6.07) is 5.56. The van der Waals surface area contributed by atoms with Gasteiger partial charge in [0.15, 0.2) is 9.84 Å². The summed E-state index contributed by atoms with van der Waals surface area (Å²) >= 11 is 3.45. The fourth-order valence-electron chi connectivity index (χ4n) is 2.43. The van der Waals surface area contributed by atoms with E-state index in [1.54, 1.807) is 6.07 Å². The Morgan fingerprint density at radius 3 is 2.84 bits per heavy atom. The molecule has 0 saturated carbocycles. The molecule has 0 bridgehead atoms. The number of halogens is 1. The van der Waals surface area contributed by atoms with E-state index in [4.69, 9.17) is 5.26 Å². The van der Waals surface area contributed by atoms with E-state index in [1.165, 1.54) is 0 Å². The second-order valence-electron chi connectivity index (χ2n) is 4.84. The highest BCUT2D eigenvalue weighted by Gasteiger charge is 2.35. The van der Waals surface area contributed by atoms with Crippen LogP contribution >= 0.6 is 15.9 Å². The molecule has 0 N–H and O–H groups in total. The summed E-state index contributed by atoms with van der Waals surface area (Å²) in [6.07, 6.45) is 0.926. The Morgan fingerprint density at radius 2 is 2.21 bits per heavy atom. The fourth-order valence-corrected chi connectivity index (χ4v) is 5.40. The minimum Gasteiger partial charge on any atom is -0.369 e. The molecule has 1 aromatic carbocycles. The highest BCUT2D eigenvalue weighted by molar-refractivity contribution is 9.10. The lowest BCUT2D eigenvalue weighted by molar-refractivity contribution is 0.560. The Kier molecular flexibility index (Phi) is 3.88. The Hall–Kier alpha value is -1.06. The van der Waals surface area contributed by atoms with E-state index in [1.807, 2.05) is 24.9 Å². The van der Waals surface area contributed by atoms with Gasteiger partial charge in [0, 0.05) is 24.0 Å². The van der Waals surface area contributed by atoms with Crippen molar-refractivity contribution in [3.63, 3.8) is 0 Å². The van der Waals surface area contributed by atoms with Crippen LogP contribution in [-0.4, -0.2) is 27.3 Å². The predicted octanol–water partition coefficient (Wildman–Crippen LogP) is 2.65. The van der Waals surface area contributed by atoms with Gasteiger partial charge in [0.05, 0.1) is 22.4 Å². The van der Waals surface area contributed by atoms with Crippen LogP contribution < -0.4 is 4.90 Å². The second kappa shape index (κ2) is 5.14. The maximum atomic E-state index is 12.4. The van der Waals surface area contributed by atoms with E-state index in [-0.39, 0.29) is 11.8 Å². The van der Waals surface area contributed by atoms with Crippen molar-refractivity contribution in [3.05, 3.63) is 22.2 Å². The Labute approximate surface area is 122 Å². The van der Waals surface area contributed by atoms with Crippen molar-refractivity contribution in [2.24, 2.45) is 0 Å². The van der Waals surface area contributed by atoms with Crippen LogP contribution in [0.3, 0.4) is 0 Å². The first kappa shape index (κ1) is 14.4. The summed E-state index contributed by atoms with van der Waals surface area (Å²) in [6.45, 7) is 1.88. The van der Waals surface area contributed by atoms with Gasteiger partial charge in [-0.25, -0.2) is 8.42 Å². The van der Waals surface area contributed by atoms with Gasteiger partial charge >= 0.3 is 0 Å². The second-order valence-corrected chi connectivity index (χ2v) is 7.69. The zero-order chi connectivity index (χ0) is 14.2. The van der Waals surface area contributed by atoms with Crippen molar-refractivity contribution in [2.45, 2.75) is 30.7 Å². The average Bonchev–Trinajstić information content (AvgIpc) is 2.31. The lowest BCUT2D eigenvalue weighted by Gasteiger charge is -2.36. The van der Waals surface area contributed by atoms with Crippen molar-refractivity contribution >= 4 is 31.5 Å². The number of nitriles is 1. The zero-order valence-corrected chi connectivity index (χ0v) is 13.3. The number of nitrogens with zero attached hydrogens (tertiary/aromatic N) is 2. The molecule has 0 aliphatic carbocycles. The molecule has 1 heterocycles. The van der Waals surface area contributed by atoms with Crippen LogP contribution in [0.4, 0.5) is 5.69 Å². The van der Waals surface area contributed by atoms with Crippen molar-refractivity contribution in [3.8, 4) is 6.07 Å². The quantitative estimate of drug-likeness (QED) is 0.828. The number of hydrogen-bond donors (Lipinski definition) is 0. The molecule has 1 aromatic rings. The molecule has 0 fully saturated rings. The average molecular weight is 343 g/mol. The predicted molar refractivity (Wildman–Crippen MR) is 78.0 cm³/mol. The van der Waals surface area contributed by atoms with Gasteiger partial charge in [0.2, 0.25) is 0 Å². The smallest absolute Gasteiger partial charge is 0.182 e. The molecule has 1 unspecified atom stereocenters. The maximum absolute atomic E-state index is 12.4. The Balaban J connectivity index is 2.55. The molecule has 0 radical (unpaired) electrons. The van der Waals surface area contributed by atoms with Gasteiger partial charge in [-0.05, 0) is 47.0 Å². The van der Waals surface area contributed by atoms with Gasteiger partial charge in [0.25, 0.3) is 0 Å². The van der Waals surface area contributed by atoms with Gasteiger partial charge < -0.3 is 4.90 Å². The number of anilines is 1. The first-order valence-corrected chi connectivity index (χ1v) is 8.44. The van der Waals surface area contributed by atoms with Crippen molar-refractivity contribution < 1.29 is 8.42 Å². The summed E-state index contributed by atoms with van der Waals surface area (Å²) in [4.78, 5) is 2.35. The monoisotopic (exact) mass is 342 g/mol. The molecule has 4 nitrogen and oxygen atoms in total. The van der Waals surface area contributed by atoms with Gasteiger partial charge in [-0.15, -0.1) is 0 Å². The third-order valence-corrected chi connectivity index (χ3v) is 5.82. The largest absolute Gasteiger partial charge is 0.369 e. The van der Waals surface area contributed by atoms with E-state index in [0.717, 1.165) is 10.0 Å². The number of hydrogen-bond acceptors (Lipinski definition) is 4. The molecule has 0 amide bonds. The van der Waals surface area contributed by atoms with Crippen LogP contribution in [0.15, 0.2) is 21.5 Å². The van der Waals surface area contributed by atoms with E-state index < -0.39 is 9.84 Å². The summed E-state index contributed by atoms with van der Waals surface area (Å²) in [5.41, 5.74) is 1.62. The number of aryl methyl sites for hydroxylation is 1. The first-order valence-electron chi connectivity index (χ1n) is 5.99. The minimum absolute atomic E-state index is 0.0775. The Morgan fingerprint density at radius 1 is 1.53 bits per heavy atom. The third kappa shape index (κ3) is 2.63. The minimum atomic E-state index is -3.28. The first-order chi connectivity index (χ1) is 8.86. The summed E-state index contributed by atoms with van der Waals surface area (Å²) < 4.78 is 25.5. The molecule has 0 spiro atoms. The molecule has 1 aliphatic heterocycles. The zero-order valence-electron chi connectivity index (χ0n) is 10.9. The number of fused-ring (bicyclic) bond motifs is 1. The lowest BCUT2D eigenvalue weighted by atomic mass is 10.1. The van der Waals surface area contributed by atoms with E-state index in [2.05, 4.69) is 22.0 Å². The molecular formula is C13H15BrN2O2S. The van der Waals surface area contributed by atoms with E-state index in [9.17, 15) is 8.42 Å². The molecule has 2 rings (SSSR count). The molecule has 0 saturated heterocycles. The normalized spacial score (nSPS) is 20.7. The summed E-state index contributed by atoms with van der Waals surface area (Å²) in [5, 5.41) is 8.67.